The molecule has 4 rings (SSSR count). The Hall–Kier alpha value is -3.26. The van der Waals surface area contributed by atoms with Crippen LogP contribution in [-0.4, -0.2) is 45.3 Å². The largest absolute Gasteiger partial charge is 0.467 e. The van der Waals surface area contributed by atoms with E-state index in [0.717, 1.165) is 39.2 Å². The van der Waals surface area contributed by atoms with Crippen molar-refractivity contribution in [3.05, 3.63) is 60.3 Å². The van der Waals surface area contributed by atoms with E-state index in [9.17, 15) is 9.59 Å². The molecule has 0 aliphatic rings. The van der Waals surface area contributed by atoms with Gasteiger partial charge in [-0.3, -0.25) is 4.79 Å². The molecule has 7 nitrogen and oxygen atoms in total. The fourth-order valence-electron chi connectivity index (χ4n) is 3.69. The Morgan fingerprint density at radius 2 is 1.97 bits per heavy atom. The summed E-state index contributed by atoms with van der Waals surface area (Å²) in [6.45, 7) is 2.81. The molecule has 1 atom stereocenters. The highest BCUT2D eigenvalue weighted by Gasteiger charge is 2.23. The Balaban J connectivity index is 1.45. The second-order valence-electron chi connectivity index (χ2n) is 7.12. The van der Waals surface area contributed by atoms with Crippen LogP contribution in [0.5, 0.6) is 0 Å². The number of H-pyrrole nitrogens is 1. The summed E-state index contributed by atoms with van der Waals surface area (Å²) in [7, 11) is 1.33. The van der Waals surface area contributed by atoms with Gasteiger partial charge < -0.3 is 19.6 Å². The number of nitrogens with zero attached hydrogens (tertiary/aromatic N) is 2. The Kier molecular flexibility index (Phi) is 6.27. The molecule has 0 saturated carbocycles. The van der Waals surface area contributed by atoms with Crippen LogP contribution < -0.4 is 5.32 Å². The molecule has 0 aliphatic heterocycles. The van der Waals surface area contributed by atoms with Crippen molar-refractivity contribution >= 4 is 45.6 Å². The quantitative estimate of drug-likeness (QED) is 0.326. The van der Waals surface area contributed by atoms with Crippen molar-refractivity contribution in [2.45, 2.75) is 31.1 Å². The lowest BCUT2D eigenvalue weighted by atomic mass is 10.0. The van der Waals surface area contributed by atoms with E-state index in [2.05, 4.69) is 19.9 Å². The van der Waals surface area contributed by atoms with Crippen LogP contribution in [0.4, 0.5) is 0 Å². The third-order valence-corrected chi connectivity index (χ3v) is 6.16. The average Bonchev–Trinajstić information content (AvgIpc) is 3.37. The molecule has 31 heavy (non-hydrogen) atoms. The van der Waals surface area contributed by atoms with E-state index >= 15 is 0 Å². The Morgan fingerprint density at radius 1 is 1.19 bits per heavy atom. The van der Waals surface area contributed by atoms with Gasteiger partial charge in [0.1, 0.15) is 6.04 Å². The molecule has 0 aliphatic carbocycles. The van der Waals surface area contributed by atoms with E-state index in [0.29, 0.717) is 6.42 Å². The Bertz CT molecular complexity index is 1230. The topological polar surface area (TPSA) is 89.0 Å². The lowest BCUT2D eigenvalue weighted by molar-refractivity contribution is -0.144. The molecule has 0 bridgehead atoms. The minimum Gasteiger partial charge on any atom is -0.467 e. The number of para-hydroxylation sites is 3. The predicted molar refractivity (Wildman–Crippen MR) is 122 cm³/mol. The van der Waals surface area contributed by atoms with Gasteiger partial charge in [0.2, 0.25) is 5.91 Å². The number of hydrogen-bond acceptors (Lipinski definition) is 5. The second-order valence-corrected chi connectivity index (χ2v) is 8.07. The molecule has 0 fully saturated rings. The molecule has 2 heterocycles. The number of ether oxygens (including phenoxy) is 1. The normalized spacial score (nSPS) is 12.2. The third-order valence-electron chi connectivity index (χ3n) is 5.19. The van der Waals surface area contributed by atoms with E-state index in [1.807, 2.05) is 61.7 Å². The fraction of sp³-hybridized carbons (Fsp3) is 0.261. The van der Waals surface area contributed by atoms with Crippen LogP contribution >= 0.6 is 11.8 Å². The van der Waals surface area contributed by atoms with E-state index in [4.69, 9.17) is 4.74 Å². The SMILES string of the molecule is CCn1c(SCC(=O)NC(Cc2c[nH]c3ccccc23)C(=O)OC)nc2ccccc21. The summed E-state index contributed by atoms with van der Waals surface area (Å²) >= 11 is 1.36. The number of carbonyl (C=O) groups is 2. The van der Waals surface area contributed by atoms with Gasteiger partial charge >= 0.3 is 5.97 Å². The number of benzene rings is 2. The number of imidazole rings is 1. The van der Waals surface area contributed by atoms with Crippen LogP contribution in [0.3, 0.4) is 0 Å². The van der Waals surface area contributed by atoms with Gasteiger partial charge in [-0.1, -0.05) is 42.1 Å². The van der Waals surface area contributed by atoms with Gasteiger partial charge in [0, 0.05) is 30.1 Å². The highest BCUT2D eigenvalue weighted by Crippen LogP contribution is 2.24. The number of fused-ring (bicyclic) bond motifs is 2. The molecule has 1 amide bonds. The van der Waals surface area contributed by atoms with Crippen molar-refractivity contribution < 1.29 is 14.3 Å². The minimum absolute atomic E-state index is 0.157. The summed E-state index contributed by atoms with van der Waals surface area (Å²) in [4.78, 5) is 32.8. The van der Waals surface area contributed by atoms with Crippen molar-refractivity contribution in [1.29, 1.82) is 0 Å². The molecule has 1 unspecified atom stereocenters. The number of aromatic amines is 1. The van der Waals surface area contributed by atoms with Crippen LogP contribution in [0.1, 0.15) is 12.5 Å². The summed E-state index contributed by atoms with van der Waals surface area (Å²) in [5.74, 6) is -0.551. The molecular formula is C23H24N4O3S. The Labute approximate surface area is 184 Å². The lowest BCUT2D eigenvalue weighted by Gasteiger charge is -2.16. The smallest absolute Gasteiger partial charge is 0.328 e. The summed E-state index contributed by atoms with van der Waals surface area (Å²) in [5, 5.41) is 4.63. The maximum atomic E-state index is 12.7. The first-order chi connectivity index (χ1) is 15.1. The van der Waals surface area contributed by atoms with Crippen LogP contribution in [0, 0.1) is 0 Å². The first-order valence-electron chi connectivity index (χ1n) is 10.1. The summed E-state index contributed by atoms with van der Waals surface area (Å²) in [6.07, 6.45) is 2.21. The van der Waals surface area contributed by atoms with Crippen LogP contribution in [0.25, 0.3) is 21.9 Å². The number of thioether (sulfide) groups is 1. The van der Waals surface area contributed by atoms with Gasteiger partial charge in [0.05, 0.1) is 23.9 Å². The molecule has 2 aromatic heterocycles. The van der Waals surface area contributed by atoms with E-state index in [1.165, 1.54) is 18.9 Å². The van der Waals surface area contributed by atoms with Crippen LogP contribution in [0.2, 0.25) is 0 Å². The van der Waals surface area contributed by atoms with Gasteiger partial charge in [-0.05, 0) is 30.7 Å². The number of rotatable bonds is 8. The number of aryl methyl sites for hydroxylation is 1. The zero-order valence-electron chi connectivity index (χ0n) is 17.4. The monoisotopic (exact) mass is 436 g/mol. The number of hydrogen-bond donors (Lipinski definition) is 2. The zero-order valence-corrected chi connectivity index (χ0v) is 18.2. The molecule has 2 aromatic carbocycles. The van der Waals surface area contributed by atoms with E-state index in [-0.39, 0.29) is 11.7 Å². The molecule has 0 saturated heterocycles. The highest BCUT2D eigenvalue weighted by atomic mass is 32.2. The van der Waals surface area contributed by atoms with Gasteiger partial charge in [-0.25, -0.2) is 9.78 Å². The minimum atomic E-state index is -0.762. The number of aromatic nitrogens is 3. The first kappa shape index (κ1) is 21.0. The van der Waals surface area contributed by atoms with Crippen molar-refractivity contribution in [2.75, 3.05) is 12.9 Å². The van der Waals surface area contributed by atoms with Crippen LogP contribution in [-0.2, 0) is 27.3 Å². The van der Waals surface area contributed by atoms with Gasteiger partial charge in [0.15, 0.2) is 5.16 Å². The zero-order chi connectivity index (χ0) is 21.8. The van der Waals surface area contributed by atoms with Gasteiger partial charge in [-0.2, -0.15) is 0 Å². The van der Waals surface area contributed by atoms with Gasteiger partial charge in [0.25, 0.3) is 0 Å². The molecule has 8 heteroatoms. The highest BCUT2D eigenvalue weighted by molar-refractivity contribution is 7.99. The molecule has 2 N–H and O–H groups in total. The summed E-state index contributed by atoms with van der Waals surface area (Å²) < 4.78 is 7.01. The van der Waals surface area contributed by atoms with Crippen LogP contribution in [0.15, 0.2) is 59.9 Å². The number of carbonyl (C=O) groups excluding carboxylic acids is 2. The molecular weight excluding hydrogens is 412 g/mol. The van der Waals surface area contributed by atoms with Crippen molar-refractivity contribution in [2.24, 2.45) is 0 Å². The third kappa shape index (κ3) is 4.44. The van der Waals surface area contributed by atoms with Crippen molar-refractivity contribution in [3.8, 4) is 0 Å². The van der Waals surface area contributed by atoms with Gasteiger partial charge in [-0.15, -0.1) is 0 Å². The molecule has 4 aromatic rings. The summed E-state index contributed by atoms with van der Waals surface area (Å²) in [6, 6.07) is 15.0. The standard InChI is InChI=1S/C23H24N4O3S/c1-3-27-20-11-7-6-10-18(20)26-23(27)31-14-21(28)25-19(22(29)30-2)12-15-13-24-17-9-5-4-8-16(15)17/h4-11,13,19,24H,3,12,14H2,1-2H3,(H,25,28). The van der Waals surface area contributed by atoms with E-state index < -0.39 is 12.0 Å². The molecule has 0 radical (unpaired) electrons. The Morgan fingerprint density at radius 3 is 2.77 bits per heavy atom. The average molecular weight is 437 g/mol. The number of amides is 1. The number of nitrogens with one attached hydrogen (secondary N) is 2. The maximum Gasteiger partial charge on any atom is 0.328 e. The molecule has 160 valence electrons. The van der Waals surface area contributed by atoms with Crippen molar-refractivity contribution in [1.82, 2.24) is 19.9 Å². The number of esters is 1. The molecule has 0 spiro atoms. The fourth-order valence-corrected chi connectivity index (χ4v) is 4.58. The second kappa shape index (κ2) is 9.26. The maximum absolute atomic E-state index is 12.7. The van der Waals surface area contributed by atoms with Crippen molar-refractivity contribution in [3.63, 3.8) is 0 Å². The summed E-state index contributed by atoms with van der Waals surface area (Å²) in [5.41, 5.74) is 3.88. The number of methoxy groups -OCH3 is 1. The predicted octanol–water partition coefficient (Wildman–Crippen LogP) is 3.53. The van der Waals surface area contributed by atoms with E-state index in [1.54, 1.807) is 0 Å². The lowest BCUT2D eigenvalue weighted by Crippen LogP contribution is -2.43. The first-order valence-corrected chi connectivity index (χ1v) is 11.1.